The highest BCUT2D eigenvalue weighted by Crippen LogP contribution is 2.30. The molecule has 0 aliphatic heterocycles. The maximum Gasteiger partial charge on any atom is 0.200 e. The highest BCUT2D eigenvalue weighted by molar-refractivity contribution is 9.10. The number of benzene rings is 2. The average molecular weight is 406 g/mol. The first kappa shape index (κ1) is 14.3. The van der Waals surface area contributed by atoms with Crippen molar-refractivity contribution in [1.29, 1.82) is 0 Å². The maximum atomic E-state index is 12.2. The van der Waals surface area contributed by atoms with Gasteiger partial charge in [-0.15, -0.1) is 0 Å². The SMILES string of the molecule is O=c1cc(-c2ccccc2)oc(-c2ccc(Br)cc2)c1Br. The largest absolute Gasteiger partial charge is 0.455 e. The summed E-state index contributed by atoms with van der Waals surface area (Å²) in [6.45, 7) is 0. The van der Waals surface area contributed by atoms with Crippen LogP contribution in [0.15, 0.2) is 78.8 Å². The summed E-state index contributed by atoms with van der Waals surface area (Å²) in [5.74, 6) is 1.09. The van der Waals surface area contributed by atoms with Crippen LogP contribution in [0.4, 0.5) is 0 Å². The second-order valence-electron chi connectivity index (χ2n) is 4.49. The van der Waals surface area contributed by atoms with E-state index in [1.807, 2.05) is 54.6 Å². The lowest BCUT2D eigenvalue weighted by molar-refractivity contribution is 0.577. The quantitative estimate of drug-likeness (QED) is 0.563. The van der Waals surface area contributed by atoms with Gasteiger partial charge in [-0.05, 0) is 28.1 Å². The molecule has 1 aromatic heterocycles. The van der Waals surface area contributed by atoms with Gasteiger partial charge in [0.2, 0.25) is 0 Å². The van der Waals surface area contributed by atoms with Crippen molar-refractivity contribution < 1.29 is 4.42 Å². The first-order chi connectivity index (χ1) is 10.1. The van der Waals surface area contributed by atoms with Crippen molar-refractivity contribution in [3.05, 3.63) is 79.8 Å². The van der Waals surface area contributed by atoms with Gasteiger partial charge in [-0.25, -0.2) is 0 Å². The summed E-state index contributed by atoms with van der Waals surface area (Å²) in [5.41, 5.74) is 1.62. The van der Waals surface area contributed by atoms with Crippen LogP contribution in [0, 0.1) is 0 Å². The van der Waals surface area contributed by atoms with E-state index in [-0.39, 0.29) is 5.43 Å². The van der Waals surface area contributed by atoms with Crippen molar-refractivity contribution in [2.24, 2.45) is 0 Å². The molecule has 0 bridgehead atoms. The molecule has 3 rings (SSSR count). The molecule has 0 unspecified atom stereocenters. The number of rotatable bonds is 2. The highest BCUT2D eigenvalue weighted by atomic mass is 79.9. The van der Waals surface area contributed by atoms with Gasteiger partial charge >= 0.3 is 0 Å². The van der Waals surface area contributed by atoms with Crippen LogP contribution in [-0.4, -0.2) is 0 Å². The van der Waals surface area contributed by atoms with Gasteiger partial charge in [0.05, 0.1) is 0 Å². The van der Waals surface area contributed by atoms with E-state index in [0.717, 1.165) is 15.6 Å². The summed E-state index contributed by atoms with van der Waals surface area (Å²) in [5, 5.41) is 0. The summed E-state index contributed by atoms with van der Waals surface area (Å²) >= 11 is 6.72. The molecule has 2 nitrogen and oxygen atoms in total. The molecular formula is C17H10Br2O2. The Kier molecular flexibility index (Phi) is 4.08. The molecule has 104 valence electrons. The molecule has 1 heterocycles. The zero-order chi connectivity index (χ0) is 14.8. The first-order valence-corrected chi connectivity index (χ1v) is 7.89. The molecule has 0 N–H and O–H groups in total. The third-order valence-corrected chi connectivity index (χ3v) is 4.33. The Hall–Kier alpha value is -1.65. The van der Waals surface area contributed by atoms with Gasteiger partial charge in [0.1, 0.15) is 10.2 Å². The third kappa shape index (κ3) is 3.01. The Bertz CT molecular complexity index is 822. The van der Waals surface area contributed by atoms with E-state index in [9.17, 15) is 4.79 Å². The van der Waals surface area contributed by atoms with Gasteiger partial charge < -0.3 is 4.42 Å². The summed E-state index contributed by atoms with van der Waals surface area (Å²) in [4.78, 5) is 12.2. The molecule has 0 amide bonds. The topological polar surface area (TPSA) is 30.2 Å². The van der Waals surface area contributed by atoms with Crippen molar-refractivity contribution in [3.63, 3.8) is 0 Å². The van der Waals surface area contributed by atoms with E-state index in [0.29, 0.717) is 16.0 Å². The van der Waals surface area contributed by atoms with Crippen LogP contribution in [0.5, 0.6) is 0 Å². The van der Waals surface area contributed by atoms with Crippen molar-refractivity contribution >= 4 is 31.9 Å². The lowest BCUT2D eigenvalue weighted by Gasteiger charge is -2.07. The minimum absolute atomic E-state index is 0.0991. The normalized spacial score (nSPS) is 10.6. The first-order valence-electron chi connectivity index (χ1n) is 6.30. The molecule has 21 heavy (non-hydrogen) atoms. The summed E-state index contributed by atoms with van der Waals surface area (Å²) < 4.78 is 7.35. The van der Waals surface area contributed by atoms with Crippen LogP contribution >= 0.6 is 31.9 Å². The van der Waals surface area contributed by atoms with E-state index in [4.69, 9.17) is 4.42 Å². The van der Waals surface area contributed by atoms with Crippen molar-refractivity contribution in [2.45, 2.75) is 0 Å². The lowest BCUT2D eigenvalue weighted by atomic mass is 10.1. The molecule has 0 saturated carbocycles. The zero-order valence-electron chi connectivity index (χ0n) is 10.8. The molecule has 0 spiro atoms. The number of hydrogen-bond acceptors (Lipinski definition) is 2. The van der Waals surface area contributed by atoms with Crippen LogP contribution in [0.3, 0.4) is 0 Å². The van der Waals surface area contributed by atoms with Crippen molar-refractivity contribution in [3.8, 4) is 22.6 Å². The Morgan fingerprint density at radius 1 is 0.810 bits per heavy atom. The van der Waals surface area contributed by atoms with E-state index >= 15 is 0 Å². The fourth-order valence-corrected chi connectivity index (χ4v) is 2.70. The molecule has 0 aliphatic carbocycles. The van der Waals surface area contributed by atoms with Crippen LogP contribution in [0.2, 0.25) is 0 Å². The molecule has 0 saturated heterocycles. The Morgan fingerprint density at radius 2 is 1.48 bits per heavy atom. The summed E-state index contributed by atoms with van der Waals surface area (Å²) in [7, 11) is 0. The summed E-state index contributed by atoms with van der Waals surface area (Å²) in [6.07, 6.45) is 0. The number of hydrogen-bond donors (Lipinski definition) is 0. The monoisotopic (exact) mass is 404 g/mol. The molecule has 4 heteroatoms. The van der Waals surface area contributed by atoms with Gasteiger partial charge in [-0.2, -0.15) is 0 Å². The van der Waals surface area contributed by atoms with E-state index in [1.165, 1.54) is 6.07 Å². The minimum atomic E-state index is -0.0991. The predicted molar refractivity (Wildman–Crippen MR) is 91.3 cm³/mol. The Balaban J connectivity index is 2.19. The molecule has 0 radical (unpaired) electrons. The second kappa shape index (κ2) is 6.00. The highest BCUT2D eigenvalue weighted by Gasteiger charge is 2.13. The van der Waals surface area contributed by atoms with Gasteiger partial charge in [-0.1, -0.05) is 58.4 Å². The molecule has 0 fully saturated rings. The van der Waals surface area contributed by atoms with Crippen molar-refractivity contribution in [1.82, 2.24) is 0 Å². The van der Waals surface area contributed by atoms with Crippen LogP contribution in [0.1, 0.15) is 0 Å². The number of halogens is 2. The molecule has 3 aromatic rings. The Labute approximate surface area is 138 Å². The van der Waals surface area contributed by atoms with Crippen molar-refractivity contribution in [2.75, 3.05) is 0 Å². The second-order valence-corrected chi connectivity index (χ2v) is 6.20. The van der Waals surface area contributed by atoms with E-state index in [2.05, 4.69) is 31.9 Å². The smallest absolute Gasteiger partial charge is 0.200 e. The predicted octanol–water partition coefficient (Wildman–Crippen LogP) is 5.50. The molecule has 0 aliphatic rings. The standard InChI is InChI=1S/C17H10Br2O2/c18-13-8-6-12(7-9-13)17-16(19)14(20)10-15(21-17)11-4-2-1-3-5-11/h1-10H. The van der Waals surface area contributed by atoms with Gasteiger partial charge in [0.15, 0.2) is 11.2 Å². The Morgan fingerprint density at radius 3 is 2.14 bits per heavy atom. The minimum Gasteiger partial charge on any atom is -0.455 e. The average Bonchev–Trinajstić information content (AvgIpc) is 2.52. The lowest BCUT2D eigenvalue weighted by Crippen LogP contribution is -2.02. The van der Waals surface area contributed by atoms with Crippen LogP contribution < -0.4 is 5.43 Å². The van der Waals surface area contributed by atoms with E-state index < -0.39 is 0 Å². The zero-order valence-corrected chi connectivity index (χ0v) is 14.0. The fraction of sp³-hybridized carbons (Fsp3) is 0. The van der Waals surface area contributed by atoms with Crippen LogP contribution in [-0.2, 0) is 0 Å². The van der Waals surface area contributed by atoms with E-state index in [1.54, 1.807) is 0 Å². The third-order valence-electron chi connectivity index (χ3n) is 3.05. The summed E-state index contributed by atoms with van der Waals surface area (Å²) in [6, 6.07) is 18.7. The van der Waals surface area contributed by atoms with Gasteiger partial charge in [0.25, 0.3) is 0 Å². The molecular weight excluding hydrogens is 396 g/mol. The molecule has 2 aromatic carbocycles. The molecule has 0 atom stereocenters. The van der Waals surface area contributed by atoms with Gasteiger partial charge in [-0.3, -0.25) is 4.79 Å². The van der Waals surface area contributed by atoms with Gasteiger partial charge in [0, 0.05) is 21.7 Å². The van der Waals surface area contributed by atoms with Crippen LogP contribution in [0.25, 0.3) is 22.6 Å². The fourth-order valence-electron chi connectivity index (χ4n) is 2.01. The maximum absolute atomic E-state index is 12.2.